The van der Waals surface area contributed by atoms with Gasteiger partial charge in [0.1, 0.15) is 0 Å². The third-order valence-electron chi connectivity index (χ3n) is 3.26. The fourth-order valence-corrected chi connectivity index (χ4v) is 2.02. The molecule has 0 saturated carbocycles. The summed E-state index contributed by atoms with van der Waals surface area (Å²) < 4.78 is 5.34. The van der Waals surface area contributed by atoms with Crippen molar-refractivity contribution >= 4 is 17.9 Å². The van der Waals surface area contributed by atoms with Gasteiger partial charge in [0.2, 0.25) is 0 Å². The molecule has 6 nitrogen and oxygen atoms in total. The molecule has 1 heterocycles. The molecule has 0 bridgehead atoms. The lowest BCUT2D eigenvalue weighted by Crippen LogP contribution is -2.32. The van der Waals surface area contributed by atoms with Crippen LogP contribution in [0.25, 0.3) is 6.08 Å². The van der Waals surface area contributed by atoms with E-state index < -0.39 is 0 Å². The average molecular weight is 304 g/mol. The molecule has 0 radical (unpaired) electrons. The van der Waals surface area contributed by atoms with Crippen molar-refractivity contribution in [3.8, 4) is 0 Å². The Morgan fingerprint density at radius 2 is 2.05 bits per heavy atom. The normalized spacial score (nSPS) is 18.1. The molecule has 22 heavy (non-hydrogen) atoms. The Hall–Kier alpha value is -2.18. The van der Waals surface area contributed by atoms with Crippen LogP contribution in [-0.2, 0) is 14.4 Å². The predicted molar refractivity (Wildman–Crippen MR) is 81.7 cm³/mol. The SMILES string of the molecule is CNC(=O)c1ccc(/C=C\C(=O)NO[C@@H]2CCCCO2)cc1. The summed E-state index contributed by atoms with van der Waals surface area (Å²) in [5, 5.41) is 2.55. The summed E-state index contributed by atoms with van der Waals surface area (Å²) in [6.45, 7) is 0.661. The maximum atomic E-state index is 11.6. The van der Waals surface area contributed by atoms with Crippen molar-refractivity contribution in [3.05, 3.63) is 41.5 Å². The average Bonchev–Trinajstić information content (AvgIpc) is 2.58. The summed E-state index contributed by atoms with van der Waals surface area (Å²) in [6, 6.07) is 6.92. The van der Waals surface area contributed by atoms with E-state index in [1.54, 1.807) is 37.4 Å². The van der Waals surface area contributed by atoms with Crippen LogP contribution < -0.4 is 10.8 Å². The quantitative estimate of drug-likeness (QED) is 0.640. The van der Waals surface area contributed by atoms with Gasteiger partial charge in [-0.05, 0) is 36.6 Å². The summed E-state index contributed by atoms with van der Waals surface area (Å²) >= 11 is 0. The number of carbonyl (C=O) groups is 2. The number of hydrogen-bond donors (Lipinski definition) is 2. The van der Waals surface area contributed by atoms with Crippen LogP contribution in [0.1, 0.15) is 35.2 Å². The van der Waals surface area contributed by atoms with Crippen LogP contribution in [0.15, 0.2) is 30.3 Å². The number of ether oxygens (including phenoxy) is 1. The second-order valence-corrected chi connectivity index (χ2v) is 4.91. The minimum absolute atomic E-state index is 0.144. The van der Waals surface area contributed by atoms with Crippen molar-refractivity contribution in [1.82, 2.24) is 10.8 Å². The van der Waals surface area contributed by atoms with Gasteiger partial charge in [0.25, 0.3) is 11.8 Å². The van der Waals surface area contributed by atoms with E-state index in [0.717, 1.165) is 24.8 Å². The number of benzene rings is 1. The first-order valence-electron chi connectivity index (χ1n) is 7.26. The zero-order chi connectivity index (χ0) is 15.8. The fraction of sp³-hybridized carbons (Fsp3) is 0.375. The van der Waals surface area contributed by atoms with Crippen LogP contribution in [-0.4, -0.2) is 31.8 Å². The minimum atomic E-state index is -0.363. The monoisotopic (exact) mass is 304 g/mol. The molecule has 0 aromatic heterocycles. The Labute approximate surface area is 129 Å². The molecule has 0 spiro atoms. The molecular formula is C16H20N2O4. The molecule has 1 atom stereocenters. The highest BCUT2D eigenvalue weighted by Gasteiger charge is 2.14. The van der Waals surface area contributed by atoms with Crippen LogP contribution >= 0.6 is 0 Å². The van der Waals surface area contributed by atoms with Gasteiger partial charge >= 0.3 is 0 Å². The van der Waals surface area contributed by atoms with Crippen LogP contribution in [0.3, 0.4) is 0 Å². The van der Waals surface area contributed by atoms with E-state index in [1.165, 1.54) is 6.08 Å². The Morgan fingerprint density at radius 1 is 1.27 bits per heavy atom. The minimum Gasteiger partial charge on any atom is -0.355 e. The second kappa shape index (κ2) is 8.31. The molecule has 2 rings (SSSR count). The van der Waals surface area contributed by atoms with E-state index in [2.05, 4.69) is 10.8 Å². The Morgan fingerprint density at radius 3 is 2.68 bits per heavy atom. The standard InChI is InChI=1S/C16H20N2O4/c1-17-16(20)13-8-5-12(6-9-13)7-10-14(19)18-22-15-4-2-3-11-21-15/h5-10,15H,2-4,11H2,1H3,(H,17,20)(H,18,19)/b10-7-/t15-/m1/s1. The van der Waals surface area contributed by atoms with Crippen molar-refractivity contribution in [1.29, 1.82) is 0 Å². The molecule has 2 N–H and O–H groups in total. The van der Waals surface area contributed by atoms with Gasteiger partial charge in [-0.25, -0.2) is 10.3 Å². The Kier molecular flexibility index (Phi) is 6.12. The van der Waals surface area contributed by atoms with Gasteiger partial charge in [0.05, 0.1) is 0 Å². The fourth-order valence-electron chi connectivity index (χ4n) is 2.02. The zero-order valence-corrected chi connectivity index (χ0v) is 12.5. The third-order valence-corrected chi connectivity index (χ3v) is 3.26. The van der Waals surface area contributed by atoms with Gasteiger partial charge in [0.15, 0.2) is 6.29 Å². The van der Waals surface area contributed by atoms with Crippen molar-refractivity contribution < 1.29 is 19.2 Å². The van der Waals surface area contributed by atoms with Gasteiger partial charge in [0, 0.05) is 31.7 Å². The van der Waals surface area contributed by atoms with Gasteiger partial charge in [-0.1, -0.05) is 12.1 Å². The van der Waals surface area contributed by atoms with Gasteiger partial charge in [-0.3, -0.25) is 9.59 Å². The van der Waals surface area contributed by atoms with E-state index >= 15 is 0 Å². The Bertz CT molecular complexity index is 534. The number of amides is 2. The second-order valence-electron chi connectivity index (χ2n) is 4.91. The van der Waals surface area contributed by atoms with Crippen LogP contribution in [0.5, 0.6) is 0 Å². The molecule has 1 saturated heterocycles. The van der Waals surface area contributed by atoms with Gasteiger partial charge < -0.3 is 10.1 Å². The Balaban J connectivity index is 1.80. The van der Waals surface area contributed by atoms with Gasteiger partial charge in [-0.15, -0.1) is 0 Å². The molecule has 1 fully saturated rings. The molecule has 118 valence electrons. The number of nitrogens with one attached hydrogen (secondary N) is 2. The summed E-state index contributed by atoms with van der Waals surface area (Å²) in [4.78, 5) is 28.2. The predicted octanol–water partition coefficient (Wildman–Crippen LogP) is 1.63. The van der Waals surface area contributed by atoms with Crippen LogP contribution in [0.2, 0.25) is 0 Å². The first kappa shape index (κ1) is 16.2. The van der Waals surface area contributed by atoms with E-state index in [0.29, 0.717) is 12.2 Å². The van der Waals surface area contributed by atoms with Crippen LogP contribution in [0.4, 0.5) is 0 Å². The van der Waals surface area contributed by atoms with Crippen molar-refractivity contribution in [2.75, 3.05) is 13.7 Å². The molecule has 0 unspecified atom stereocenters. The molecule has 2 amide bonds. The van der Waals surface area contributed by atoms with Crippen molar-refractivity contribution in [2.24, 2.45) is 0 Å². The molecular weight excluding hydrogens is 284 g/mol. The molecule has 1 aromatic carbocycles. The van der Waals surface area contributed by atoms with Crippen molar-refractivity contribution in [3.63, 3.8) is 0 Å². The lowest BCUT2D eigenvalue weighted by molar-refractivity contribution is -0.198. The molecule has 6 heteroatoms. The number of carbonyl (C=O) groups excluding carboxylic acids is 2. The largest absolute Gasteiger partial charge is 0.355 e. The topological polar surface area (TPSA) is 76.7 Å². The highest BCUT2D eigenvalue weighted by Crippen LogP contribution is 2.12. The lowest BCUT2D eigenvalue weighted by Gasteiger charge is -2.21. The lowest BCUT2D eigenvalue weighted by atomic mass is 10.1. The smallest absolute Gasteiger partial charge is 0.267 e. The summed E-state index contributed by atoms with van der Waals surface area (Å²) in [5.74, 6) is -0.501. The number of hydrogen-bond acceptors (Lipinski definition) is 4. The maximum absolute atomic E-state index is 11.6. The zero-order valence-electron chi connectivity index (χ0n) is 12.5. The van der Waals surface area contributed by atoms with E-state index in [4.69, 9.17) is 9.57 Å². The van der Waals surface area contributed by atoms with Gasteiger partial charge in [-0.2, -0.15) is 0 Å². The van der Waals surface area contributed by atoms with Crippen LogP contribution in [0, 0.1) is 0 Å². The maximum Gasteiger partial charge on any atom is 0.267 e. The summed E-state index contributed by atoms with van der Waals surface area (Å²) in [5.41, 5.74) is 3.73. The number of rotatable bonds is 5. The molecule has 0 aliphatic carbocycles. The highest BCUT2D eigenvalue weighted by molar-refractivity contribution is 5.94. The first-order chi connectivity index (χ1) is 10.7. The first-order valence-corrected chi connectivity index (χ1v) is 7.26. The van der Waals surface area contributed by atoms with Crippen molar-refractivity contribution in [2.45, 2.75) is 25.6 Å². The summed E-state index contributed by atoms with van der Waals surface area (Å²) in [6.07, 6.45) is 5.50. The van der Waals surface area contributed by atoms with E-state index in [1.807, 2.05) is 0 Å². The van der Waals surface area contributed by atoms with E-state index in [9.17, 15) is 9.59 Å². The summed E-state index contributed by atoms with van der Waals surface area (Å²) in [7, 11) is 1.58. The molecule has 1 aromatic rings. The third kappa shape index (κ3) is 4.98. The molecule has 1 aliphatic rings. The molecule has 1 aliphatic heterocycles. The number of hydroxylamine groups is 1. The highest BCUT2D eigenvalue weighted by atomic mass is 16.8. The van der Waals surface area contributed by atoms with E-state index in [-0.39, 0.29) is 18.1 Å².